The van der Waals surface area contributed by atoms with Gasteiger partial charge in [-0.15, -0.1) is 5.10 Å². The highest BCUT2D eigenvalue weighted by Crippen LogP contribution is 2.42. The summed E-state index contributed by atoms with van der Waals surface area (Å²) >= 11 is 0. The summed E-state index contributed by atoms with van der Waals surface area (Å²) in [6.07, 6.45) is 3.96. The molecule has 2 aromatic rings. The van der Waals surface area contributed by atoms with E-state index in [2.05, 4.69) is 56.0 Å². The van der Waals surface area contributed by atoms with Gasteiger partial charge in [-0.2, -0.15) is 10.2 Å². The molecule has 0 spiro atoms. The molecule has 35 heavy (non-hydrogen) atoms. The summed E-state index contributed by atoms with van der Waals surface area (Å²) < 4.78 is 5.69. The van der Waals surface area contributed by atoms with Crippen LogP contribution in [0.3, 0.4) is 0 Å². The molecule has 0 aliphatic carbocycles. The van der Waals surface area contributed by atoms with Gasteiger partial charge in [0.05, 0.1) is 30.0 Å². The molecule has 10 heteroatoms. The maximum Gasteiger partial charge on any atom is 0.253 e. The Morgan fingerprint density at radius 2 is 1.94 bits per heavy atom. The third kappa shape index (κ3) is 4.56. The Hall–Kier alpha value is -3.58. The summed E-state index contributed by atoms with van der Waals surface area (Å²) in [5, 5.41) is 26.8. The number of β-amino-alcohol motifs (C(OH)–C–C–N with tert-alkyl or cyclic N) is 1. The molecule has 0 radical (unpaired) electrons. The molecule has 3 fully saturated rings. The topological polar surface area (TPSA) is 125 Å². The molecule has 1 aromatic carbocycles. The number of hydrazone groups is 1. The zero-order chi connectivity index (χ0) is 23.8. The van der Waals surface area contributed by atoms with Crippen LogP contribution in [0, 0.1) is 17.2 Å². The van der Waals surface area contributed by atoms with Crippen molar-refractivity contribution in [2.24, 2.45) is 11.0 Å². The molecule has 3 N–H and O–H groups in total. The normalized spacial score (nSPS) is 23.6. The number of piperidine rings is 2. The van der Waals surface area contributed by atoms with E-state index >= 15 is 0 Å². The Labute approximate surface area is 204 Å². The second-order valence-electron chi connectivity index (χ2n) is 9.72. The second-order valence-corrected chi connectivity index (χ2v) is 9.72. The Morgan fingerprint density at radius 1 is 1.11 bits per heavy atom. The third-order valence-electron chi connectivity index (χ3n) is 7.29. The molecular weight excluding hydrogens is 444 g/mol. The molecule has 0 saturated carbocycles. The summed E-state index contributed by atoms with van der Waals surface area (Å²) in [5.74, 6) is 2.56. The summed E-state index contributed by atoms with van der Waals surface area (Å²) in [6, 6.07) is 10.6. The molecule has 2 atom stereocenters. The van der Waals surface area contributed by atoms with Crippen LogP contribution < -0.4 is 20.5 Å². The summed E-state index contributed by atoms with van der Waals surface area (Å²) in [5.41, 5.74) is 6.91. The van der Waals surface area contributed by atoms with Crippen molar-refractivity contribution in [1.82, 2.24) is 15.4 Å². The number of fused-ring (bicyclic) bond motifs is 3. The van der Waals surface area contributed by atoms with Gasteiger partial charge in [-0.3, -0.25) is 0 Å². The molecule has 6 rings (SSSR count). The number of rotatable bonds is 5. The number of hydrogen-bond acceptors (Lipinski definition) is 10. The first-order valence-corrected chi connectivity index (χ1v) is 12.5. The van der Waals surface area contributed by atoms with Crippen LogP contribution in [-0.2, 0) is 11.3 Å². The number of epoxide rings is 1. The fourth-order valence-corrected chi connectivity index (χ4v) is 5.24. The van der Waals surface area contributed by atoms with Crippen LogP contribution in [0.5, 0.6) is 0 Å². The Balaban J connectivity index is 1.26. The van der Waals surface area contributed by atoms with Crippen molar-refractivity contribution in [1.29, 1.82) is 5.26 Å². The number of nitrogens with zero attached hydrogens (tertiary/aromatic N) is 6. The van der Waals surface area contributed by atoms with Gasteiger partial charge in [0.1, 0.15) is 5.82 Å². The van der Waals surface area contributed by atoms with Crippen molar-refractivity contribution in [3.05, 3.63) is 35.5 Å². The van der Waals surface area contributed by atoms with E-state index in [1.165, 1.54) is 0 Å². The highest BCUT2D eigenvalue weighted by molar-refractivity contribution is 5.96. The van der Waals surface area contributed by atoms with Gasteiger partial charge in [0.2, 0.25) is 12.1 Å². The average molecular weight is 475 g/mol. The van der Waals surface area contributed by atoms with Crippen molar-refractivity contribution in [3.8, 4) is 6.07 Å². The fraction of sp³-hybridized carbons (Fsp3) is 0.520. The van der Waals surface area contributed by atoms with Gasteiger partial charge in [0.25, 0.3) is 5.90 Å². The van der Waals surface area contributed by atoms with E-state index in [4.69, 9.17) is 20.0 Å². The smallest absolute Gasteiger partial charge is 0.253 e. The number of benzene rings is 1. The number of ether oxygens (including phenoxy) is 1. The minimum Gasteiger partial charge on any atom is -0.458 e. The lowest BCUT2D eigenvalue weighted by molar-refractivity contribution is 0.154. The number of aliphatic hydroxyl groups is 1. The van der Waals surface area contributed by atoms with Crippen LogP contribution in [0.2, 0.25) is 0 Å². The predicted molar refractivity (Wildman–Crippen MR) is 132 cm³/mol. The van der Waals surface area contributed by atoms with Gasteiger partial charge >= 0.3 is 0 Å². The van der Waals surface area contributed by atoms with Gasteiger partial charge < -0.3 is 30.4 Å². The van der Waals surface area contributed by atoms with E-state index in [1.54, 1.807) is 0 Å². The summed E-state index contributed by atoms with van der Waals surface area (Å²) in [6.45, 7) is 3.84. The maximum atomic E-state index is 10.0. The van der Waals surface area contributed by atoms with Crippen molar-refractivity contribution in [2.45, 2.75) is 50.9 Å². The summed E-state index contributed by atoms with van der Waals surface area (Å²) in [7, 11) is 0. The lowest BCUT2D eigenvalue weighted by Crippen LogP contribution is -2.38. The van der Waals surface area contributed by atoms with E-state index in [0.717, 1.165) is 73.8 Å². The van der Waals surface area contributed by atoms with Gasteiger partial charge in [-0.25, -0.2) is 4.98 Å². The van der Waals surface area contributed by atoms with E-state index in [1.807, 2.05) is 0 Å². The maximum absolute atomic E-state index is 10.0. The molecule has 182 valence electrons. The first kappa shape index (κ1) is 21.9. The number of hydrogen-bond donors (Lipinski definition) is 3. The van der Waals surface area contributed by atoms with Crippen LogP contribution in [0.1, 0.15) is 49.5 Å². The van der Waals surface area contributed by atoms with Crippen LogP contribution in [-0.4, -0.2) is 53.3 Å². The van der Waals surface area contributed by atoms with Crippen molar-refractivity contribution in [2.75, 3.05) is 41.3 Å². The largest absolute Gasteiger partial charge is 0.458 e. The van der Waals surface area contributed by atoms with E-state index in [-0.39, 0.29) is 12.2 Å². The molecule has 2 unspecified atom stereocenters. The number of nitriles is 1. The molecule has 10 nitrogen and oxygen atoms in total. The second kappa shape index (κ2) is 9.23. The first-order valence-electron chi connectivity index (χ1n) is 12.5. The minimum absolute atomic E-state index is 0.216. The van der Waals surface area contributed by atoms with Gasteiger partial charge in [0.15, 0.2) is 0 Å². The van der Waals surface area contributed by atoms with Gasteiger partial charge in [-0.05, 0) is 55.9 Å². The molecule has 3 saturated heterocycles. The van der Waals surface area contributed by atoms with E-state index in [9.17, 15) is 5.11 Å². The van der Waals surface area contributed by atoms with Crippen molar-refractivity contribution >= 4 is 29.0 Å². The molecule has 0 bridgehead atoms. The molecule has 4 aliphatic rings. The quantitative estimate of drug-likeness (QED) is 0.561. The number of anilines is 4. The van der Waals surface area contributed by atoms with Crippen LogP contribution in [0.15, 0.2) is 29.4 Å². The number of aromatic nitrogens is 2. The lowest BCUT2D eigenvalue weighted by Gasteiger charge is -2.32. The first-order chi connectivity index (χ1) is 17.2. The summed E-state index contributed by atoms with van der Waals surface area (Å²) in [4.78, 5) is 14.3. The average Bonchev–Trinajstić information content (AvgIpc) is 3.65. The standard InChI is InChI=1S/C25H30N8O2/c26-10-7-16-8-12-32(13-9-16)25-29-20-14-27-31-24-22(35-24)21(20)23(30-25)28-17-3-5-18(6-4-17)33-11-1-2-19(34)15-33/h3-6,16,19,22,27,34H,1-2,7-9,11-15H2,(H,28,29,30). The third-order valence-corrected chi connectivity index (χ3v) is 7.29. The van der Waals surface area contributed by atoms with E-state index < -0.39 is 0 Å². The van der Waals surface area contributed by atoms with Crippen LogP contribution >= 0.6 is 0 Å². The van der Waals surface area contributed by atoms with Crippen molar-refractivity contribution < 1.29 is 9.84 Å². The van der Waals surface area contributed by atoms with Crippen molar-refractivity contribution in [3.63, 3.8) is 0 Å². The van der Waals surface area contributed by atoms with Crippen LogP contribution in [0.4, 0.5) is 23.1 Å². The highest BCUT2D eigenvalue weighted by Gasteiger charge is 2.44. The molecule has 1 aromatic heterocycles. The Bertz CT molecular complexity index is 1150. The van der Waals surface area contributed by atoms with Crippen LogP contribution in [0.25, 0.3) is 0 Å². The zero-order valence-electron chi connectivity index (χ0n) is 19.7. The van der Waals surface area contributed by atoms with Gasteiger partial charge in [-0.1, -0.05) is 0 Å². The molecule has 0 amide bonds. The Morgan fingerprint density at radius 3 is 2.71 bits per heavy atom. The Kier molecular flexibility index (Phi) is 5.78. The zero-order valence-corrected chi connectivity index (χ0v) is 19.7. The fourth-order valence-electron chi connectivity index (χ4n) is 5.24. The molecule has 5 heterocycles. The molecular formula is C25H30N8O2. The number of aliphatic hydroxyl groups excluding tert-OH is 1. The monoisotopic (exact) mass is 474 g/mol. The number of nitrogens with one attached hydrogen (secondary N) is 2. The minimum atomic E-state index is -0.260. The highest BCUT2D eigenvalue weighted by atomic mass is 16.6. The molecule has 4 aliphatic heterocycles. The SMILES string of the molecule is N#CCC1CCN(c2nc3c(c(Nc4ccc(N5CCCC(O)C5)cc4)n2)C2OC2=NNC3)CC1. The van der Waals surface area contributed by atoms with Gasteiger partial charge in [0, 0.05) is 44.0 Å². The lowest BCUT2D eigenvalue weighted by atomic mass is 9.94. The van der Waals surface area contributed by atoms with E-state index in [0.29, 0.717) is 37.3 Å². The predicted octanol–water partition coefficient (Wildman–Crippen LogP) is 2.80.